The van der Waals surface area contributed by atoms with Crippen molar-refractivity contribution < 1.29 is 4.74 Å². The van der Waals surface area contributed by atoms with Crippen LogP contribution in [0.25, 0.3) is 0 Å². The van der Waals surface area contributed by atoms with Crippen molar-refractivity contribution in [3.8, 4) is 0 Å². The second-order valence-electron chi connectivity index (χ2n) is 6.20. The van der Waals surface area contributed by atoms with Gasteiger partial charge >= 0.3 is 0 Å². The molecule has 1 aliphatic heterocycles. The number of nitrogens with one attached hydrogen (secondary N) is 1. The summed E-state index contributed by atoms with van der Waals surface area (Å²) in [5.74, 6) is 0.907. The van der Waals surface area contributed by atoms with Crippen LogP contribution in [0.15, 0.2) is 0 Å². The first kappa shape index (κ1) is 17.0. The minimum Gasteiger partial charge on any atom is -0.378 e. The average molecular weight is 269 g/mol. The van der Waals surface area contributed by atoms with Crippen LogP contribution in [0.5, 0.6) is 0 Å². The van der Waals surface area contributed by atoms with Gasteiger partial charge in [-0.05, 0) is 51.5 Å². The molecule has 114 valence electrons. The van der Waals surface area contributed by atoms with Crippen LogP contribution in [0, 0.1) is 5.92 Å². The summed E-state index contributed by atoms with van der Waals surface area (Å²) in [6, 6.07) is 0.687. The highest BCUT2D eigenvalue weighted by atomic mass is 16.5. The second kappa shape index (κ2) is 10.7. The van der Waals surface area contributed by atoms with Crippen molar-refractivity contribution in [1.82, 2.24) is 5.32 Å². The number of ether oxygens (including phenoxy) is 1. The minimum absolute atomic E-state index is 0.542. The summed E-state index contributed by atoms with van der Waals surface area (Å²) >= 11 is 0. The van der Waals surface area contributed by atoms with Gasteiger partial charge in [0, 0.05) is 12.6 Å². The fraction of sp³-hybridized carbons (Fsp3) is 1.00. The Bertz CT molecular complexity index is 201. The van der Waals surface area contributed by atoms with Gasteiger partial charge in [0.15, 0.2) is 0 Å². The maximum Gasteiger partial charge on any atom is 0.0575 e. The topological polar surface area (TPSA) is 21.3 Å². The molecule has 1 rings (SSSR count). The number of hydrogen-bond donors (Lipinski definition) is 1. The lowest BCUT2D eigenvalue weighted by molar-refractivity contribution is 0.00826. The molecule has 2 nitrogen and oxygen atoms in total. The molecule has 2 heteroatoms. The molecule has 1 saturated heterocycles. The maximum absolute atomic E-state index is 5.84. The Kier molecular flexibility index (Phi) is 9.54. The van der Waals surface area contributed by atoms with E-state index in [1.165, 1.54) is 64.2 Å². The quantitative estimate of drug-likeness (QED) is 0.629. The third-order valence-electron chi connectivity index (χ3n) is 4.68. The molecule has 3 atom stereocenters. The van der Waals surface area contributed by atoms with Crippen LogP contribution in [0.4, 0.5) is 0 Å². The normalized spacial score (nSPS) is 23.2. The predicted octanol–water partition coefficient (Wildman–Crippen LogP) is 4.53. The van der Waals surface area contributed by atoms with Gasteiger partial charge in [0.1, 0.15) is 0 Å². The predicted molar refractivity (Wildman–Crippen MR) is 83.6 cm³/mol. The molecule has 0 aromatic carbocycles. The van der Waals surface area contributed by atoms with Crippen LogP contribution < -0.4 is 5.32 Å². The second-order valence-corrected chi connectivity index (χ2v) is 6.20. The smallest absolute Gasteiger partial charge is 0.0575 e. The van der Waals surface area contributed by atoms with E-state index in [9.17, 15) is 0 Å². The fourth-order valence-electron chi connectivity index (χ4n) is 3.19. The number of rotatable bonds is 10. The number of unbranched alkanes of at least 4 members (excludes halogenated alkanes) is 1. The Morgan fingerprint density at radius 3 is 2.63 bits per heavy atom. The first-order chi connectivity index (χ1) is 9.30. The lowest BCUT2D eigenvalue weighted by atomic mass is 9.89. The van der Waals surface area contributed by atoms with E-state index in [0.717, 1.165) is 12.5 Å². The van der Waals surface area contributed by atoms with Crippen molar-refractivity contribution in [3.05, 3.63) is 0 Å². The molecular weight excluding hydrogens is 234 g/mol. The van der Waals surface area contributed by atoms with Gasteiger partial charge in [-0.2, -0.15) is 0 Å². The molecule has 0 aromatic heterocycles. The summed E-state index contributed by atoms with van der Waals surface area (Å²) in [6.45, 7) is 5.63. The van der Waals surface area contributed by atoms with E-state index in [0.29, 0.717) is 12.1 Å². The molecule has 1 fully saturated rings. The zero-order valence-corrected chi connectivity index (χ0v) is 13.4. The van der Waals surface area contributed by atoms with Gasteiger partial charge in [-0.15, -0.1) is 0 Å². The van der Waals surface area contributed by atoms with E-state index in [2.05, 4.69) is 26.2 Å². The Morgan fingerprint density at radius 1 is 1.21 bits per heavy atom. The van der Waals surface area contributed by atoms with E-state index in [1.54, 1.807) is 0 Å². The summed E-state index contributed by atoms with van der Waals surface area (Å²) in [5, 5.41) is 3.53. The largest absolute Gasteiger partial charge is 0.378 e. The summed E-state index contributed by atoms with van der Waals surface area (Å²) in [4.78, 5) is 0. The Labute approximate surface area is 120 Å². The maximum atomic E-state index is 5.84. The molecule has 0 aromatic rings. The highest BCUT2D eigenvalue weighted by Gasteiger charge is 2.18. The Morgan fingerprint density at radius 2 is 2.05 bits per heavy atom. The molecule has 3 unspecified atom stereocenters. The molecule has 1 heterocycles. The van der Waals surface area contributed by atoms with Crippen molar-refractivity contribution >= 4 is 0 Å². The molecule has 0 spiro atoms. The van der Waals surface area contributed by atoms with Gasteiger partial charge < -0.3 is 10.1 Å². The zero-order chi connectivity index (χ0) is 13.9. The van der Waals surface area contributed by atoms with Crippen LogP contribution >= 0.6 is 0 Å². The van der Waals surface area contributed by atoms with Gasteiger partial charge in [-0.1, -0.05) is 39.5 Å². The van der Waals surface area contributed by atoms with E-state index in [4.69, 9.17) is 4.74 Å². The first-order valence-corrected chi connectivity index (χ1v) is 8.59. The molecule has 0 radical (unpaired) electrons. The lowest BCUT2D eigenvalue weighted by Gasteiger charge is -2.26. The van der Waals surface area contributed by atoms with Crippen molar-refractivity contribution in [3.63, 3.8) is 0 Å². The van der Waals surface area contributed by atoms with Crippen LogP contribution in [-0.2, 0) is 4.74 Å². The SMILES string of the molecule is CCCCC(CC)CC(CCC1CCCCO1)NC. The van der Waals surface area contributed by atoms with E-state index < -0.39 is 0 Å². The highest BCUT2D eigenvalue weighted by molar-refractivity contribution is 4.73. The lowest BCUT2D eigenvalue weighted by Crippen LogP contribution is -2.30. The van der Waals surface area contributed by atoms with Gasteiger partial charge in [0.05, 0.1) is 6.10 Å². The Hall–Kier alpha value is -0.0800. The van der Waals surface area contributed by atoms with Crippen molar-refractivity contribution in [2.24, 2.45) is 5.92 Å². The first-order valence-electron chi connectivity index (χ1n) is 8.59. The van der Waals surface area contributed by atoms with Gasteiger partial charge in [-0.25, -0.2) is 0 Å². The standard InChI is InChI=1S/C17H35NO/c1-4-6-9-15(5-2)14-16(18-3)11-12-17-10-7-8-13-19-17/h15-18H,4-14H2,1-3H3. The van der Waals surface area contributed by atoms with E-state index in [-0.39, 0.29) is 0 Å². The Balaban J connectivity index is 2.22. The third kappa shape index (κ3) is 7.31. The minimum atomic E-state index is 0.542. The fourth-order valence-corrected chi connectivity index (χ4v) is 3.19. The number of hydrogen-bond acceptors (Lipinski definition) is 2. The van der Waals surface area contributed by atoms with Crippen LogP contribution in [0.3, 0.4) is 0 Å². The van der Waals surface area contributed by atoms with Crippen molar-refractivity contribution in [1.29, 1.82) is 0 Å². The van der Waals surface area contributed by atoms with E-state index >= 15 is 0 Å². The molecule has 0 aliphatic carbocycles. The monoisotopic (exact) mass is 269 g/mol. The van der Waals surface area contributed by atoms with Crippen molar-refractivity contribution in [2.45, 2.75) is 90.2 Å². The third-order valence-corrected chi connectivity index (χ3v) is 4.68. The summed E-state index contributed by atoms with van der Waals surface area (Å²) in [5.41, 5.74) is 0. The summed E-state index contributed by atoms with van der Waals surface area (Å²) in [6.07, 6.45) is 13.8. The molecule has 0 amide bonds. The van der Waals surface area contributed by atoms with Crippen LogP contribution in [0.1, 0.15) is 78.1 Å². The van der Waals surface area contributed by atoms with Gasteiger partial charge in [0.2, 0.25) is 0 Å². The summed E-state index contributed by atoms with van der Waals surface area (Å²) < 4.78 is 5.84. The van der Waals surface area contributed by atoms with Gasteiger partial charge in [0.25, 0.3) is 0 Å². The molecule has 0 bridgehead atoms. The molecular formula is C17H35NO. The van der Waals surface area contributed by atoms with Crippen LogP contribution in [-0.4, -0.2) is 25.8 Å². The highest BCUT2D eigenvalue weighted by Crippen LogP contribution is 2.23. The molecule has 1 aliphatic rings. The molecule has 0 saturated carbocycles. The molecule has 1 N–H and O–H groups in total. The van der Waals surface area contributed by atoms with Crippen molar-refractivity contribution in [2.75, 3.05) is 13.7 Å². The zero-order valence-electron chi connectivity index (χ0n) is 13.4. The van der Waals surface area contributed by atoms with E-state index in [1.807, 2.05) is 0 Å². The van der Waals surface area contributed by atoms with Crippen LogP contribution in [0.2, 0.25) is 0 Å². The van der Waals surface area contributed by atoms with Gasteiger partial charge in [-0.3, -0.25) is 0 Å². The molecule has 19 heavy (non-hydrogen) atoms. The summed E-state index contributed by atoms with van der Waals surface area (Å²) in [7, 11) is 2.12. The average Bonchev–Trinajstić information content (AvgIpc) is 2.47.